The summed E-state index contributed by atoms with van der Waals surface area (Å²) < 4.78 is 11.7. The van der Waals surface area contributed by atoms with Crippen LogP contribution in [0.1, 0.15) is 26.7 Å². The molecule has 136 valence electrons. The summed E-state index contributed by atoms with van der Waals surface area (Å²) in [5.74, 6) is 0.0386. The van der Waals surface area contributed by atoms with Crippen molar-refractivity contribution in [3.63, 3.8) is 0 Å². The number of allylic oxidation sites excluding steroid dienone is 4. The minimum atomic E-state index is -0.811. The molecule has 2 bridgehead atoms. The predicted octanol–water partition coefficient (Wildman–Crippen LogP) is 2.95. The number of Topliss-reactive ketones (excluding diaryl/α,β-unsaturated/α-hetero) is 2. The third kappa shape index (κ3) is 1.48. The van der Waals surface area contributed by atoms with Crippen LogP contribution in [0.5, 0.6) is 0 Å². The normalized spacial score (nSPS) is 50.4. The van der Waals surface area contributed by atoms with Crippen molar-refractivity contribution < 1.29 is 19.1 Å². The molecule has 4 aliphatic carbocycles. The Kier molecular flexibility index (Phi) is 2.87. The highest BCUT2D eigenvalue weighted by atomic mass is 16.6. The highest BCUT2D eigenvalue weighted by Crippen LogP contribution is 2.74. The molecule has 4 heteroatoms. The molecule has 26 heavy (non-hydrogen) atoms. The molecule has 4 unspecified atom stereocenters. The minimum absolute atomic E-state index is 0.0669. The van der Waals surface area contributed by atoms with Crippen LogP contribution in [0.2, 0.25) is 0 Å². The molecular formula is C22H24O4. The first-order valence-electron chi connectivity index (χ1n) is 9.33. The van der Waals surface area contributed by atoms with Gasteiger partial charge in [0.1, 0.15) is 0 Å². The average Bonchev–Trinajstić information content (AvgIpc) is 3.49. The maximum atomic E-state index is 13.7. The molecule has 0 radical (unpaired) electrons. The monoisotopic (exact) mass is 352 g/mol. The lowest BCUT2D eigenvalue weighted by atomic mass is 9.37. The molecular weight excluding hydrogens is 328 g/mol. The van der Waals surface area contributed by atoms with Crippen molar-refractivity contribution in [2.24, 2.45) is 22.7 Å². The van der Waals surface area contributed by atoms with E-state index in [1.807, 2.05) is 6.08 Å². The quantitative estimate of drug-likeness (QED) is 0.576. The number of ketones is 2. The molecule has 3 fully saturated rings. The van der Waals surface area contributed by atoms with E-state index in [2.05, 4.69) is 39.2 Å². The molecule has 2 spiro atoms. The molecule has 6 rings (SSSR count). The number of carbonyl (C=O) groups excluding carboxylic acids is 2. The maximum absolute atomic E-state index is 13.7. The molecule has 4 nitrogen and oxygen atoms in total. The third-order valence-electron chi connectivity index (χ3n) is 7.59. The lowest BCUT2D eigenvalue weighted by Crippen LogP contribution is -2.71. The van der Waals surface area contributed by atoms with Crippen LogP contribution >= 0.6 is 0 Å². The zero-order chi connectivity index (χ0) is 18.5. The maximum Gasteiger partial charge on any atom is 0.193 e. The fraction of sp³-hybridized carbons (Fsp3) is 0.545. The molecule has 6 atom stereocenters. The van der Waals surface area contributed by atoms with Crippen LogP contribution in [-0.2, 0) is 19.1 Å². The van der Waals surface area contributed by atoms with Gasteiger partial charge < -0.3 is 9.47 Å². The third-order valence-corrected chi connectivity index (χ3v) is 7.59. The zero-order valence-corrected chi connectivity index (χ0v) is 15.3. The second-order valence-corrected chi connectivity index (χ2v) is 8.77. The van der Waals surface area contributed by atoms with Gasteiger partial charge >= 0.3 is 0 Å². The summed E-state index contributed by atoms with van der Waals surface area (Å²) in [5, 5.41) is 0. The van der Waals surface area contributed by atoms with Crippen molar-refractivity contribution in [3.8, 4) is 0 Å². The number of rotatable bonds is 4. The van der Waals surface area contributed by atoms with Crippen LogP contribution in [-0.4, -0.2) is 36.0 Å². The Labute approximate surface area is 153 Å². The number of hydrogen-bond donors (Lipinski definition) is 0. The van der Waals surface area contributed by atoms with Crippen LogP contribution in [0.15, 0.2) is 48.6 Å². The minimum Gasteiger partial charge on any atom is -0.361 e. The molecule has 0 amide bonds. The first-order valence-corrected chi connectivity index (χ1v) is 9.33. The van der Waals surface area contributed by atoms with Crippen molar-refractivity contribution in [1.29, 1.82) is 0 Å². The Hall–Kier alpha value is -1.78. The number of epoxide rings is 2. The number of ether oxygens (including phenoxy) is 2. The number of carbonyl (C=O) groups is 2. The van der Waals surface area contributed by atoms with Crippen molar-refractivity contribution in [1.82, 2.24) is 0 Å². The Bertz CT molecular complexity index is 838. The van der Waals surface area contributed by atoms with Gasteiger partial charge in [-0.15, -0.1) is 13.2 Å². The van der Waals surface area contributed by atoms with Crippen LogP contribution in [0, 0.1) is 22.7 Å². The highest BCUT2D eigenvalue weighted by molar-refractivity contribution is 6.08. The SMILES string of the molecule is C=CCC1=CC2(C)C([C@@H]3C(C)=C[C@@]2(CC=C)C(=O)C32CO2)C2(CO2)C1=O. The smallest absolute Gasteiger partial charge is 0.193 e. The Balaban J connectivity index is 1.82. The molecule has 2 aliphatic heterocycles. The van der Waals surface area contributed by atoms with Gasteiger partial charge in [-0.3, -0.25) is 9.59 Å². The standard InChI is InChI=1S/C22H24O4/c1-5-7-14-10-19(4)16(22(12-26-22)17(14)23)15-13(3)9-20(19,8-6-2)18(24)21(15)11-25-21/h5-6,9-10,15-16H,1-2,7-8,11-12H2,3-4H3/t15-,16?,19?,20-,21?,22?/m0/s1. The Morgan fingerprint density at radius 2 is 1.81 bits per heavy atom. The summed E-state index contributed by atoms with van der Waals surface area (Å²) in [7, 11) is 0. The fourth-order valence-corrected chi connectivity index (χ4v) is 6.48. The van der Waals surface area contributed by atoms with Crippen molar-refractivity contribution in [3.05, 3.63) is 48.6 Å². The summed E-state index contributed by atoms with van der Waals surface area (Å²) in [6.07, 6.45) is 8.80. The molecule has 2 saturated heterocycles. The van der Waals surface area contributed by atoms with Gasteiger partial charge in [0.2, 0.25) is 0 Å². The van der Waals surface area contributed by atoms with Crippen LogP contribution in [0.4, 0.5) is 0 Å². The fourth-order valence-electron chi connectivity index (χ4n) is 6.48. The van der Waals surface area contributed by atoms with E-state index in [0.29, 0.717) is 26.1 Å². The summed E-state index contributed by atoms with van der Waals surface area (Å²) in [5.41, 5.74) is -0.946. The zero-order valence-electron chi connectivity index (χ0n) is 15.3. The lowest BCUT2D eigenvalue weighted by molar-refractivity contribution is -0.164. The van der Waals surface area contributed by atoms with Gasteiger partial charge in [-0.1, -0.05) is 36.8 Å². The number of hydrogen-bond acceptors (Lipinski definition) is 4. The summed E-state index contributed by atoms with van der Waals surface area (Å²) in [6.45, 7) is 12.8. The van der Waals surface area contributed by atoms with E-state index < -0.39 is 22.0 Å². The second-order valence-electron chi connectivity index (χ2n) is 8.77. The highest BCUT2D eigenvalue weighted by Gasteiger charge is 2.83. The molecule has 0 aromatic carbocycles. The largest absolute Gasteiger partial charge is 0.361 e. The van der Waals surface area contributed by atoms with Crippen LogP contribution in [0.3, 0.4) is 0 Å². The van der Waals surface area contributed by atoms with Gasteiger partial charge in [0.25, 0.3) is 0 Å². The Morgan fingerprint density at radius 1 is 1.15 bits per heavy atom. The topological polar surface area (TPSA) is 59.2 Å². The molecule has 1 saturated carbocycles. The van der Waals surface area contributed by atoms with Crippen molar-refractivity contribution in [2.75, 3.05) is 13.2 Å². The van der Waals surface area contributed by atoms with E-state index in [1.165, 1.54) is 0 Å². The van der Waals surface area contributed by atoms with Crippen LogP contribution in [0.25, 0.3) is 0 Å². The summed E-state index contributed by atoms with van der Waals surface area (Å²) >= 11 is 0. The van der Waals surface area contributed by atoms with E-state index in [1.54, 1.807) is 6.08 Å². The van der Waals surface area contributed by atoms with Gasteiger partial charge in [0, 0.05) is 17.3 Å². The van der Waals surface area contributed by atoms with E-state index in [4.69, 9.17) is 9.47 Å². The van der Waals surface area contributed by atoms with E-state index in [9.17, 15) is 9.59 Å². The van der Waals surface area contributed by atoms with E-state index >= 15 is 0 Å². The van der Waals surface area contributed by atoms with Gasteiger partial charge in [0.05, 0.1) is 18.6 Å². The van der Waals surface area contributed by atoms with E-state index in [0.717, 1.165) is 11.1 Å². The van der Waals surface area contributed by atoms with E-state index in [-0.39, 0.29) is 23.4 Å². The first-order chi connectivity index (χ1) is 12.3. The molecule has 0 aromatic rings. The average molecular weight is 352 g/mol. The van der Waals surface area contributed by atoms with Crippen molar-refractivity contribution >= 4 is 11.6 Å². The molecule has 0 aromatic heterocycles. The van der Waals surface area contributed by atoms with Gasteiger partial charge in [-0.25, -0.2) is 0 Å². The Morgan fingerprint density at radius 3 is 2.35 bits per heavy atom. The summed E-state index contributed by atoms with van der Waals surface area (Å²) in [6, 6.07) is 0. The molecule has 6 aliphatic rings. The predicted molar refractivity (Wildman–Crippen MR) is 96.4 cm³/mol. The molecule has 2 heterocycles. The van der Waals surface area contributed by atoms with Gasteiger partial charge in [0.15, 0.2) is 22.8 Å². The lowest BCUT2D eigenvalue weighted by Gasteiger charge is -2.63. The first kappa shape index (κ1) is 16.4. The molecule has 0 N–H and O–H groups in total. The second kappa shape index (κ2) is 4.55. The van der Waals surface area contributed by atoms with Crippen LogP contribution < -0.4 is 0 Å². The van der Waals surface area contributed by atoms with Crippen molar-refractivity contribution in [2.45, 2.75) is 37.9 Å². The summed E-state index contributed by atoms with van der Waals surface area (Å²) in [4.78, 5) is 26.9. The van der Waals surface area contributed by atoms with Gasteiger partial charge in [-0.2, -0.15) is 0 Å². The van der Waals surface area contributed by atoms with Gasteiger partial charge in [-0.05, 0) is 25.3 Å².